The van der Waals surface area contributed by atoms with Crippen LogP contribution in [0.4, 0.5) is 13.6 Å². The van der Waals surface area contributed by atoms with E-state index in [1.165, 1.54) is 6.07 Å². The first kappa shape index (κ1) is 21.0. The molecule has 0 spiro atoms. The van der Waals surface area contributed by atoms with Gasteiger partial charge in [0.05, 0.1) is 0 Å². The molecule has 8 heteroatoms. The molecule has 3 unspecified atom stereocenters. The minimum absolute atomic E-state index is 0.0451. The number of likely N-dealkylation sites (tertiary alicyclic amines) is 1. The van der Waals surface area contributed by atoms with Gasteiger partial charge in [-0.1, -0.05) is 13.0 Å². The predicted octanol–water partition coefficient (Wildman–Crippen LogP) is 3.61. The number of amides is 2. The molecule has 3 aliphatic rings. The van der Waals surface area contributed by atoms with Crippen LogP contribution in [0.1, 0.15) is 62.2 Å². The van der Waals surface area contributed by atoms with Crippen LogP contribution in [0.3, 0.4) is 0 Å². The highest BCUT2D eigenvalue weighted by atomic mass is 19.1. The number of fused-ring (bicyclic) bond motifs is 2. The fourth-order valence-corrected chi connectivity index (χ4v) is 5.89. The van der Waals surface area contributed by atoms with Crippen LogP contribution in [0.15, 0.2) is 18.2 Å². The smallest absolute Gasteiger partial charge is 0.408 e. The van der Waals surface area contributed by atoms with E-state index in [2.05, 4.69) is 17.1 Å². The van der Waals surface area contributed by atoms with E-state index in [1.807, 2.05) is 0 Å². The van der Waals surface area contributed by atoms with Crippen LogP contribution in [0.5, 0.6) is 0 Å². The van der Waals surface area contributed by atoms with Crippen molar-refractivity contribution in [2.45, 2.75) is 75.5 Å². The summed E-state index contributed by atoms with van der Waals surface area (Å²) in [6, 6.07) is 3.54. The monoisotopic (exact) mass is 421 g/mol. The summed E-state index contributed by atoms with van der Waals surface area (Å²) in [6.45, 7) is 3.57. The van der Waals surface area contributed by atoms with Gasteiger partial charge in [0, 0.05) is 30.2 Å². The number of hydrogen-bond donors (Lipinski definition) is 2. The Labute approximate surface area is 175 Å². The van der Waals surface area contributed by atoms with E-state index in [1.54, 1.807) is 4.90 Å². The third-order valence-corrected chi connectivity index (χ3v) is 7.34. The van der Waals surface area contributed by atoms with Crippen molar-refractivity contribution >= 4 is 12.0 Å². The van der Waals surface area contributed by atoms with Gasteiger partial charge in [0.15, 0.2) is 0 Å². The van der Waals surface area contributed by atoms with Crippen molar-refractivity contribution in [1.82, 2.24) is 15.1 Å². The summed E-state index contributed by atoms with van der Waals surface area (Å²) >= 11 is 0. The Bertz CT molecular complexity index is 816. The molecule has 1 aromatic carbocycles. The van der Waals surface area contributed by atoms with Crippen LogP contribution in [0.25, 0.3) is 0 Å². The molecule has 2 N–H and O–H groups in total. The molecule has 164 valence electrons. The molecule has 2 amide bonds. The second-order valence-corrected chi connectivity index (χ2v) is 8.92. The molecule has 4 atom stereocenters. The number of nitrogens with one attached hydrogen (secondary N) is 1. The van der Waals surface area contributed by atoms with E-state index < -0.39 is 29.2 Å². The molecule has 6 nitrogen and oxygen atoms in total. The van der Waals surface area contributed by atoms with Crippen molar-refractivity contribution in [3.05, 3.63) is 35.4 Å². The van der Waals surface area contributed by atoms with Crippen LogP contribution in [-0.4, -0.2) is 63.7 Å². The number of carbonyl (C=O) groups is 2. The Morgan fingerprint density at radius 2 is 1.97 bits per heavy atom. The Hall–Kier alpha value is -2.22. The van der Waals surface area contributed by atoms with Crippen LogP contribution < -0.4 is 5.32 Å². The SMILES string of the molecule is CCC12CCC(CC(N3CCC[C@@H](NC(=O)c4c(F)cccc4F)C3)C1)N2C(=O)O. The third-order valence-electron chi connectivity index (χ3n) is 7.34. The highest BCUT2D eigenvalue weighted by Crippen LogP contribution is 2.47. The first-order chi connectivity index (χ1) is 14.3. The van der Waals surface area contributed by atoms with Crippen molar-refractivity contribution in [3.63, 3.8) is 0 Å². The number of nitrogens with zero attached hydrogens (tertiary/aromatic N) is 2. The maximum Gasteiger partial charge on any atom is 0.408 e. The average molecular weight is 421 g/mol. The molecule has 0 aromatic heterocycles. The highest BCUT2D eigenvalue weighted by molar-refractivity contribution is 5.94. The first-order valence-electron chi connectivity index (χ1n) is 10.9. The minimum Gasteiger partial charge on any atom is -0.465 e. The molecule has 4 rings (SSSR count). The van der Waals surface area contributed by atoms with Crippen molar-refractivity contribution in [1.29, 1.82) is 0 Å². The van der Waals surface area contributed by atoms with Gasteiger partial charge >= 0.3 is 6.09 Å². The van der Waals surface area contributed by atoms with E-state index in [0.717, 1.165) is 63.6 Å². The zero-order valence-electron chi connectivity index (χ0n) is 17.2. The first-order valence-corrected chi connectivity index (χ1v) is 10.9. The summed E-state index contributed by atoms with van der Waals surface area (Å²) in [7, 11) is 0. The minimum atomic E-state index is -0.859. The molecule has 0 saturated carbocycles. The van der Waals surface area contributed by atoms with E-state index in [4.69, 9.17) is 0 Å². The van der Waals surface area contributed by atoms with Crippen LogP contribution in [0.2, 0.25) is 0 Å². The number of halogens is 2. The Morgan fingerprint density at radius 1 is 1.23 bits per heavy atom. The number of carbonyl (C=O) groups excluding carboxylic acids is 1. The van der Waals surface area contributed by atoms with E-state index in [0.29, 0.717) is 6.54 Å². The van der Waals surface area contributed by atoms with Crippen molar-refractivity contribution in [2.24, 2.45) is 0 Å². The van der Waals surface area contributed by atoms with E-state index in [-0.39, 0.29) is 23.7 Å². The van der Waals surface area contributed by atoms with Gasteiger partial charge in [0.25, 0.3) is 5.91 Å². The number of hydrogen-bond acceptors (Lipinski definition) is 3. The number of benzene rings is 1. The molecule has 2 bridgehead atoms. The standard InChI is InChI=1S/C22H29F2N3O3/c1-2-22-9-8-15(27(22)21(29)30)11-16(12-22)26-10-4-5-14(13-26)25-20(28)19-17(23)6-3-7-18(19)24/h3,6-7,14-16H,2,4-5,8-13H2,1H3,(H,25,28)(H,29,30)/t14-,15?,16?,22?/m1/s1. The number of carboxylic acid groups (broad SMARTS) is 1. The maximum atomic E-state index is 13.9. The summed E-state index contributed by atoms with van der Waals surface area (Å²) in [5.41, 5.74) is -0.835. The lowest BCUT2D eigenvalue weighted by atomic mass is 9.82. The fraction of sp³-hybridized carbons (Fsp3) is 0.636. The van der Waals surface area contributed by atoms with Crippen molar-refractivity contribution in [2.75, 3.05) is 13.1 Å². The summed E-state index contributed by atoms with van der Waals surface area (Å²) in [5.74, 6) is -2.44. The zero-order chi connectivity index (χ0) is 21.5. The number of rotatable bonds is 4. The molecule has 0 radical (unpaired) electrons. The second kappa shape index (κ2) is 8.13. The molecule has 3 aliphatic heterocycles. The van der Waals surface area contributed by atoms with Gasteiger partial charge in [-0.25, -0.2) is 13.6 Å². The molecule has 3 saturated heterocycles. The van der Waals surface area contributed by atoms with E-state index in [9.17, 15) is 23.5 Å². The van der Waals surface area contributed by atoms with Crippen molar-refractivity contribution in [3.8, 4) is 0 Å². The van der Waals surface area contributed by atoms with E-state index >= 15 is 0 Å². The van der Waals surface area contributed by atoms with Gasteiger partial charge < -0.3 is 10.4 Å². The number of piperidine rings is 2. The summed E-state index contributed by atoms with van der Waals surface area (Å²) in [5, 5.41) is 12.5. The molecule has 0 aliphatic carbocycles. The molecule has 30 heavy (non-hydrogen) atoms. The Balaban J connectivity index is 1.44. The third kappa shape index (κ3) is 3.66. The quantitative estimate of drug-likeness (QED) is 0.779. The molecule has 1 aromatic rings. The fourth-order valence-electron chi connectivity index (χ4n) is 5.89. The average Bonchev–Trinajstić information content (AvgIpc) is 2.95. The maximum absolute atomic E-state index is 13.9. The van der Waals surface area contributed by atoms with Crippen LogP contribution in [0, 0.1) is 11.6 Å². The largest absolute Gasteiger partial charge is 0.465 e. The highest BCUT2D eigenvalue weighted by Gasteiger charge is 2.54. The molecular formula is C22H29F2N3O3. The lowest BCUT2D eigenvalue weighted by molar-refractivity contribution is -0.00184. The van der Waals surface area contributed by atoms with Gasteiger partial charge in [0.1, 0.15) is 17.2 Å². The van der Waals surface area contributed by atoms with Crippen LogP contribution in [-0.2, 0) is 0 Å². The normalized spacial score (nSPS) is 31.6. The Morgan fingerprint density at radius 3 is 2.63 bits per heavy atom. The molecule has 3 heterocycles. The zero-order valence-corrected chi connectivity index (χ0v) is 17.2. The molecule has 3 fully saturated rings. The molecular weight excluding hydrogens is 392 g/mol. The summed E-state index contributed by atoms with van der Waals surface area (Å²) in [4.78, 5) is 28.3. The lowest BCUT2D eigenvalue weighted by Gasteiger charge is -2.50. The van der Waals surface area contributed by atoms with Crippen molar-refractivity contribution < 1.29 is 23.5 Å². The Kier molecular flexibility index (Phi) is 5.70. The summed E-state index contributed by atoms with van der Waals surface area (Å²) < 4.78 is 27.9. The predicted molar refractivity (Wildman–Crippen MR) is 107 cm³/mol. The van der Waals surface area contributed by atoms with Gasteiger partial charge in [-0.3, -0.25) is 14.6 Å². The van der Waals surface area contributed by atoms with Crippen LogP contribution >= 0.6 is 0 Å². The van der Waals surface area contributed by atoms with Gasteiger partial charge in [0.2, 0.25) is 0 Å². The second-order valence-electron chi connectivity index (χ2n) is 8.92. The lowest BCUT2D eigenvalue weighted by Crippen LogP contribution is -2.61. The summed E-state index contributed by atoms with van der Waals surface area (Å²) in [6.07, 6.45) is 5.02. The topological polar surface area (TPSA) is 72.9 Å². The van der Waals surface area contributed by atoms with Gasteiger partial charge in [-0.2, -0.15) is 0 Å². The van der Waals surface area contributed by atoms with Gasteiger partial charge in [-0.15, -0.1) is 0 Å². The van der Waals surface area contributed by atoms with Gasteiger partial charge in [-0.05, 0) is 63.6 Å².